The quantitative estimate of drug-likeness (QED) is 0.543. The number of aromatic nitrogens is 1. The Morgan fingerprint density at radius 2 is 2.62 bits per heavy atom. The van der Waals surface area contributed by atoms with Crippen LogP contribution >= 0.6 is 0 Å². The van der Waals surface area contributed by atoms with Gasteiger partial charge < -0.3 is 14.5 Å². The van der Waals surface area contributed by atoms with Crippen LogP contribution in [-0.2, 0) is 16.7 Å². The summed E-state index contributed by atoms with van der Waals surface area (Å²) in [6.45, 7) is -0.416. The van der Waals surface area contributed by atoms with Crippen molar-refractivity contribution < 1.29 is 14.7 Å². The summed E-state index contributed by atoms with van der Waals surface area (Å²) in [6.07, 6.45) is 3.32. The van der Waals surface area contributed by atoms with E-state index in [2.05, 4.69) is 9.99 Å². The molecule has 0 atom stereocenters. The minimum Gasteiger partial charge on any atom is -0.479 e. The number of carboxylic acids is 1. The highest BCUT2D eigenvalue weighted by atomic mass is 16.6. The highest BCUT2D eigenvalue weighted by molar-refractivity contribution is 5.77. The Morgan fingerprint density at radius 3 is 3.15 bits per heavy atom. The Balaban J connectivity index is 2.41. The Kier molecular flexibility index (Phi) is 3.08. The van der Waals surface area contributed by atoms with Gasteiger partial charge >= 0.3 is 5.97 Å². The Bertz CT molecular complexity index is 317. The summed E-state index contributed by atoms with van der Waals surface area (Å²) in [5, 5.41) is 11.7. The SMILES string of the molecule is Cn1cccc1/C=N/OCC(=O)O. The van der Waals surface area contributed by atoms with E-state index in [1.807, 2.05) is 29.9 Å². The molecule has 5 heteroatoms. The molecule has 1 rings (SSSR count). The molecule has 0 saturated carbocycles. The molecular weight excluding hydrogens is 172 g/mol. The second-order valence-electron chi connectivity index (χ2n) is 2.45. The van der Waals surface area contributed by atoms with Gasteiger partial charge in [0.25, 0.3) is 0 Å². The van der Waals surface area contributed by atoms with Gasteiger partial charge in [0.05, 0.1) is 11.9 Å². The number of hydrogen-bond donors (Lipinski definition) is 1. The van der Waals surface area contributed by atoms with Crippen LogP contribution in [-0.4, -0.2) is 28.5 Å². The molecular formula is C8H10N2O3. The van der Waals surface area contributed by atoms with Gasteiger partial charge in [-0.15, -0.1) is 0 Å². The van der Waals surface area contributed by atoms with Gasteiger partial charge in [0, 0.05) is 13.2 Å². The van der Waals surface area contributed by atoms with Gasteiger partial charge in [-0.2, -0.15) is 0 Å². The van der Waals surface area contributed by atoms with E-state index in [-0.39, 0.29) is 0 Å². The van der Waals surface area contributed by atoms with Crippen molar-refractivity contribution in [3.05, 3.63) is 24.0 Å². The number of carboxylic acid groups (broad SMARTS) is 1. The molecule has 0 aliphatic carbocycles. The molecule has 1 aromatic rings. The van der Waals surface area contributed by atoms with E-state index in [4.69, 9.17) is 5.11 Å². The maximum Gasteiger partial charge on any atom is 0.344 e. The van der Waals surface area contributed by atoms with Crippen molar-refractivity contribution in [3.8, 4) is 0 Å². The van der Waals surface area contributed by atoms with Gasteiger partial charge in [0.2, 0.25) is 6.61 Å². The molecule has 13 heavy (non-hydrogen) atoms. The lowest BCUT2D eigenvalue weighted by Gasteiger charge is -1.95. The first-order valence-corrected chi connectivity index (χ1v) is 3.68. The van der Waals surface area contributed by atoms with Gasteiger partial charge in [0.15, 0.2) is 0 Å². The number of aryl methyl sites for hydroxylation is 1. The number of carbonyl (C=O) groups is 1. The summed E-state index contributed by atoms with van der Waals surface area (Å²) in [5.41, 5.74) is 0.852. The third-order valence-electron chi connectivity index (χ3n) is 1.43. The molecule has 5 nitrogen and oxygen atoms in total. The van der Waals surface area contributed by atoms with Gasteiger partial charge in [0.1, 0.15) is 0 Å². The number of aliphatic carboxylic acids is 1. The van der Waals surface area contributed by atoms with Gasteiger partial charge in [-0.25, -0.2) is 4.79 Å². The zero-order chi connectivity index (χ0) is 9.68. The lowest BCUT2D eigenvalue weighted by atomic mass is 10.5. The first kappa shape index (κ1) is 9.31. The molecule has 0 aliphatic rings. The zero-order valence-corrected chi connectivity index (χ0v) is 7.17. The van der Waals surface area contributed by atoms with Crippen molar-refractivity contribution >= 4 is 12.2 Å². The molecule has 0 spiro atoms. The van der Waals surface area contributed by atoms with E-state index < -0.39 is 12.6 Å². The van der Waals surface area contributed by atoms with Crippen molar-refractivity contribution in [2.75, 3.05) is 6.61 Å². The first-order valence-electron chi connectivity index (χ1n) is 3.68. The molecule has 0 saturated heterocycles. The third-order valence-corrected chi connectivity index (χ3v) is 1.43. The fraction of sp³-hybridized carbons (Fsp3) is 0.250. The van der Waals surface area contributed by atoms with Crippen LogP contribution < -0.4 is 0 Å². The van der Waals surface area contributed by atoms with Crippen LogP contribution in [0.15, 0.2) is 23.5 Å². The lowest BCUT2D eigenvalue weighted by Crippen LogP contribution is -2.03. The largest absolute Gasteiger partial charge is 0.479 e. The summed E-state index contributed by atoms with van der Waals surface area (Å²) in [7, 11) is 1.86. The van der Waals surface area contributed by atoms with E-state index >= 15 is 0 Å². The van der Waals surface area contributed by atoms with Crippen LogP contribution in [0.2, 0.25) is 0 Å². The molecule has 1 aromatic heterocycles. The maximum absolute atomic E-state index is 10.0. The number of rotatable bonds is 4. The fourth-order valence-corrected chi connectivity index (χ4v) is 0.792. The normalized spacial score (nSPS) is 10.5. The summed E-state index contributed by atoms with van der Waals surface area (Å²) >= 11 is 0. The van der Waals surface area contributed by atoms with Crippen LogP contribution in [0.5, 0.6) is 0 Å². The average Bonchev–Trinajstić information content (AvgIpc) is 2.45. The Labute approximate surface area is 75.2 Å². The minimum atomic E-state index is -1.04. The molecule has 1 heterocycles. The van der Waals surface area contributed by atoms with Crippen LogP contribution in [0.1, 0.15) is 5.69 Å². The predicted molar refractivity (Wildman–Crippen MR) is 46.6 cm³/mol. The molecule has 0 aliphatic heterocycles. The molecule has 70 valence electrons. The third kappa shape index (κ3) is 2.98. The molecule has 0 unspecified atom stereocenters. The topological polar surface area (TPSA) is 63.8 Å². The molecule has 0 fully saturated rings. The van der Waals surface area contributed by atoms with E-state index in [0.717, 1.165) is 5.69 Å². The van der Waals surface area contributed by atoms with E-state index in [1.165, 1.54) is 6.21 Å². The Hall–Kier alpha value is -1.78. The molecule has 1 N–H and O–H groups in total. The van der Waals surface area contributed by atoms with Crippen molar-refractivity contribution in [3.63, 3.8) is 0 Å². The van der Waals surface area contributed by atoms with Gasteiger partial charge in [-0.05, 0) is 12.1 Å². The summed E-state index contributed by atoms with van der Waals surface area (Å²) in [5.74, 6) is -1.04. The van der Waals surface area contributed by atoms with Crippen molar-refractivity contribution in [2.45, 2.75) is 0 Å². The van der Waals surface area contributed by atoms with Crippen LogP contribution in [0.3, 0.4) is 0 Å². The van der Waals surface area contributed by atoms with E-state index in [9.17, 15) is 4.79 Å². The van der Waals surface area contributed by atoms with Crippen molar-refractivity contribution in [2.24, 2.45) is 12.2 Å². The number of nitrogens with zero attached hydrogens (tertiary/aromatic N) is 2. The second kappa shape index (κ2) is 4.30. The number of oxime groups is 1. The highest BCUT2D eigenvalue weighted by Gasteiger charge is 1.94. The summed E-state index contributed by atoms with van der Waals surface area (Å²) in [6, 6.07) is 3.70. The van der Waals surface area contributed by atoms with Crippen LogP contribution in [0.4, 0.5) is 0 Å². The smallest absolute Gasteiger partial charge is 0.344 e. The fourth-order valence-electron chi connectivity index (χ4n) is 0.792. The predicted octanol–water partition coefficient (Wildman–Crippen LogP) is 0.460. The van der Waals surface area contributed by atoms with Gasteiger partial charge in [-0.1, -0.05) is 5.16 Å². The maximum atomic E-state index is 10.0. The van der Waals surface area contributed by atoms with Crippen molar-refractivity contribution in [1.82, 2.24) is 4.57 Å². The monoisotopic (exact) mass is 182 g/mol. The molecule has 0 amide bonds. The molecule has 0 bridgehead atoms. The Morgan fingerprint density at radius 1 is 1.85 bits per heavy atom. The van der Waals surface area contributed by atoms with Gasteiger partial charge in [-0.3, -0.25) is 0 Å². The van der Waals surface area contributed by atoms with E-state index in [1.54, 1.807) is 0 Å². The van der Waals surface area contributed by atoms with Crippen LogP contribution in [0.25, 0.3) is 0 Å². The second-order valence-corrected chi connectivity index (χ2v) is 2.45. The summed E-state index contributed by atoms with van der Waals surface area (Å²) < 4.78 is 1.84. The average molecular weight is 182 g/mol. The zero-order valence-electron chi connectivity index (χ0n) is 7.17. The summed E-state index contributed by atoms with van der Waals surface area (Å²) in [4.78, 5) is 14.5. The molecule has 0 radical (unpaired) electrons. The molecule has 0 aromatic carbocycles. The van der Waals surface area contributed by atoms with Crippen molar-refractivity contribution in [1.29, 1.82) is 0 Å². The standard InChI is InChI=1S/C8H10N2O3/c1-10-4-2-3-7(10)5-9-13-6-8(11)12/h2-5H,6H2,1H3,(H,11,12)/b9-5+. The highest BCUT2D eigenvalue weighted by Crippen LogP contribution is 1.95. The first-order chi connectivity index (χ1) is 6.20. The lowest BCUT2D eigenvalue weighted by molar-refractivity contribution is -0.142. The van der Waals surface area contributed by atoms with E-state index in [0.29, 0.717) is 0 Å². The van der Waals surface area contributed by atoms with Crippen LogP contribution in [0, 0.1) is 0 Å². The minimum absolute atomic E-state index is 0.416. The number of hydrogen-bond acceptors (Lipinski definition) is 3.